The zero-order valence-corrected chi connectivity index (χ0v) is 35.8. The van der Waals surface area contributed by atoms with Gasteiger partial charge >= 0.3 is 0 Å². The van der Waals surface area contributed by atoms with Gasteiger partial charge in [-0.2, -0.15) is 5.26 Å². The molecule has 1 atom stereocenters. The maximum absolute atomic E-state index is 13.6. The molecule has 17 nitrogen and oxygen atoms in total. The smallest absolute Gasteiger partial charge is 0.271 e. The third-order valence-corrected chi connectivity index (χ3v) is 13.8. The third-order valence-electron chi connectivity index (χ3n) is 13.8. The Morgan fingerprint density at radius 3 is 2.27 bits per heavy atom. The van der Waals surface area contributed by atoms with E-state index in [1.165, 1.54) is 12.3 Å². The zero-order chi connectivity index (χ0) is 44.4. The molecule has 0 radical (unpaired) electrons. The van der Waals surface area contributed by atoms with Crippen LogP contribution in [-0.2, 0) is 9.59 Å². The molecule has 1 saturated carbocycles. The number of aromatic nitrogens is 3. The number of aromatic amines is 1. The number of ether oxygens (including phenoxy) is 1. The molecule has 2 aromatic carbocycles. The lowest BCUT2D eigenvalue weighted by atomic mass is 9.49. The van der Waals surface area contributed by atoms with Gasteiger partial charge in [0.05, 0.1) is 34.6 Å². The topological polar surface area (TPSA) is 214 Å². The first-order valence-corrected chi connectivity index (χ1v) is 21.6. The summed E-state index contributed by atoms with van der Waals surface area (Å²) in [4.78, 5) is 96.0. The van der Waals surface area contributed by atoms with Crippen molar-refractivity contribution in [2.75, 3.05) is 55.6 Å². The Hall–Kier alpha value is -6.67. The predicted molar refractivity (Wildman–Crippen MR) is 231 cm³/mol. The van der Waals surface area contributed by atoms with Crippen LogP contribution in [-0.4, -0.2) is 118 Å². The van der Waals surface area contributed by atoms with Gasteiger partial charge in [0, 0.05) is 86.2 Å². The van der Waals surface area contributed by atoms with E-state index in [9.17, 15) is 34.0 Å². The molecular formula is C46H50N10O7. The van der Waals surface area contributed by atoms with Gasteiger partial charge in [-0.05, 0) is 61.6 Å². The number of rotatable bonds is 9. The van der Waals surface area contributed by atoms with Crippen molar-refractivity contribution in [3.63, 3.8) is 0 Å². The second-order valence-electron chi connectivity index (χ2n) is 18.5. The molecule has 0 spiro atoms. The van der Waals surface area contributed by atoms with Crippen LogP contribution >= 0.6 is 0 Å². The van der Waals surface area contributed by atoms with E-state index in [-0.39, 0.29) is 47.7 Å². The Labute approximate surface area is 363 Å². The van der Waals surface area contributed by atoms with Gasteiger partial charge in [-0.1, -0.05) is 27.7 Å². The molecule has 3 N–H and O–H groups in total. The number of pyridine rings is 1. The number of nitrogens with zero attached hydrogens (tertiary/aromatic N) is 7. The number of nitrogens with one attached hydrogen (secondary N) is 3. The van der Waals surface area contributed by atoms with E-state index in [1.54, 1.807) is 36.5 Å². The van der Waals surface area contributed by atoms with Gasteiger partial charge < -0.3 is 24.8 Å². The number of piperidine rings is 2. The molecule has 1 aliphatic carbocycles. The van der Waals surface area contributed by atoms with Gasteiger partial charge in [0.1, 0.15) is 35.5 Å². The fourth-order valence-corrected chi connectivity index (χ4v) is 10.7. The molecule has 9 rings (SSSR count). The van der Waals surface area contributed by atoms with Crippen molar-refractivity contribution < 1.29 is 28.7 Å². The van der Waals surface area contributed by atoms with Crippen LogP contribution in [0.25, 0.3) is 10.9 Å². The number of amides is 5. The Kier molecular flexibility index (Phi) is 10.5. The predicted octanol–water partition coefficient (Wildman–Crippen LogP) is 3.24. The van der Waals surface area contributed by atoms with Crippen LogP contribution in [0, 0.1) is 28.1 Å². The van der Waals surface area contributed by atoms with Crippen LogP contribution in [0.5, 0.6) is 5.75 Å². The van der Waals surface area contributed by atoms with Gasteiger partial charge in [0.25, 0.3) is 17.7 Å². The van der Waals surface area contributed by atoms with Crippen LogP contribution in [0.3, 0.4) is 0 Å². The first kappa shape index (κ1) is 41.7. The van der Waals surface area contributed by atoms with E-state index in [4.69, 9.17) is 4.74 Å². The number of hydrogen-bond acceptors (Lipinski definition) is 13. The lowest BCUT2D eigenvalue weighted by molar-refractivity contribution is -0.163. The molecule has 5 aliphatic rings. The summed E-state index contributed by atoms with van der Waals surface area (Å²) >= 11 is 0. The fourth-order valence-electron chi connectivity index (χ4n) is 10.7. The summed E-state index contributed by atoms with van der Waals surface area (Å²) in [6.07, 6.45) is 5.12. The molecule has 326 valence electrons. The van der Waals surface area contributed by atoms with Gasteiger partial charge in [0.2, 0.25) is 17.4 Å². The van der Waals surface area contributed by atoms with E-state index >= 15 is 0 Å². The summed E-state index contributed by atoms with van der Waals surface area (Å²) in [5.41, 5.74) is 1.22. The van der Waals surface area contributed by atoms with Crippen molar-refractivity contribution in [1.29, 1.82) is 5.26 Å². The van der Waals surface area contributed by atoms with Gasteiger partial charge in [-0.15, -0.1) is 0 Å². The van der Waals surface area contributed by atoms with Crippen molar-refractivity contribution in [3.8, 4) is 11.8 Å². The summed E-state index contributed by atoms with van der Waals surface area (Å²) in [6, 6.07) is 12.6. The standard InChI is InChI=1S/C46H50N10O7/c1-45(2)43(46(3,4)44(45)63-34-10-5-27(22-47)38-30(34)8-11-36(57)50-38)52-39(59)32-23-49-35(24-48-32)55-15-13-26(14-16-55)25-53-17-19-54(20-18-53)28-6-7-29-31(21-28)42(62)56(41(29)61)33-9-12-37(58)51-40(33)60/h5-8,10-11,21,23-24,26,33,43-44H,9,12-20,25H2,1-4H3,(H,50,57)(H,52,59)(H,51,58,60). The first-order valence-electron chi connectivity index (χ1n) is 21.6. The highest BCUT2D eigenvalue weighted by Gasteiger charge is 2.64. The highest BCUT2D eigenvalue weighted by molar-refractivity contribution is 6.23. The number of H-pyrrole nitrogens is 1. The van der Waals surface area contributed by atoms with E-state index in [0.717, 1.165) is 75.1 Å². The maximum atomic E-state index is 13.6. The highest BCUT2D eigenvalue weighted by atomic mass is 16.5. The van der Waals surface area contributed by atoms with Crippen LogP contribution in [0.2, 0.25) is 0 Å². The quantitative estimate of drug-likeness (QED) is 0.207. The number of carbonyl (C=O) groups is 5. The van der Waals surface area contributed by atoms with Crippen LogP contribution in [0.15, 0.2) is 59.7 Å². The van der Waals surface area contributed by atoms with Gasteiger partial charge in [-0.25, -0.2) is 9.97 Å². The second-order valence-corrected chi connectivity index (χ2v) is 18.5. The SMILES string of the molecule is CC1(C)C(NC(=O)c2cnc(N3CCC(CN4CCN(c5ccc6c(c5)C(=O)N(C5CCC(=O)NC5=O)C6=O)CC4)CC3)cn2)C(C)(C)C1Oc1ccc(C#N)c2[nH]c(=O)ccc12. The molecule has 6 heterocycles. The Balaban J connectivity index is 0.743. The normalized spacial score (nSPS) is 23.5. The Morgan fingerprint density at radius 2 is 1.59 bits per heavy atom. The number of anilines is 2. The summed E-state index contributed by atoms with van der Waals surface area (Å²) in [7, 11) is 0. The maximum Gasteiger partial charge on any atom is 0.271 e. The van der Waals surface area contributed by atoms with Crippen molar-refractivity contribution in [2.45, 2.75) is 71.6 Å². The van der Waals surface area contributed by atoms with Crippen LogP contribution in [0.4, 0.5) is 11.5 Å². The molecule has 2 aromatic heterocycles. The van der Waals surface area contributed by atoms with E-state index < -0.39 is 40.5 Å². The molecule has 4 fully saturated rings. The number of fused-ring (bicyclic) bond motifs is 2. The molecular weight excluding hydrogens is 805 g/mol. The van der Waals surface area contributed by atoms with Crippen LogP contribution < -0.4 is 30.7 Å². The van der Waals surface area contributed by atoms with Gasteiger partial charge in [0.15, 0.2) is 0 Å². The minimum absolute atomic E-state index is 0.0807. The summed E-state index contributed by atoms with van der Waals surface area (Å²) in [6.45, 7) is 14.1. The molecule has 0 bridgehead atoms. The second kappa shape index (κ2) is 15.9. The monoisotopic (exact) mass is 854 g/mol. The largest absolute Gasteiger partial charge is 0.488 e. The first-order chi connectivity index (χ1) is 30.1. The number of benzene rings is 2. The number of nitriles is 1. The number of piperazine rings is 1. The molecule has 3 saturated heterocycles. The van der Waals surface area contributed by atoms with Crippen molar-refractivity contribution in [1.82, 2.24) is 35.4 Å². The lowest BCUT2D eigenvalue weighted by Gasteiger charge is -2.63. The third kappa shape index (κ3) is 7.45. The summed E-state index contributed by atoms with van der Waals surface area (Å²) < 4.78 is 6.59. The average molecular weight is 855 g/mol. The summed E-state index contributed by atoms with van der Waals surface area (Å²) in [5, 5.41) is 15.7. The minimum Gasteiger partial charge on any atom is -0.488 e. The summed E-state index contributed by atoms with van der Waals surface area (Å²) in [5.74, 6) is -0.518. The molecule has 63 heavy (non-hydrogen) atoms. The van der Waals surface area contributed by atoms with E-state index in [2.05, 4.69) is 46.4 Å². The van der Waals surface area contributed by atoms with Crippen molar-refractivity contribution >= 4 is 51.9 Å². The van der Waals surface area contributed by atoms with Gasteiger partial charge in [-0.3, -0.25) is 43.9 Å². The molecule has 5 amide bonds. The molecule has 17 heteroatoms. The number of carbonyl (C=O) groups excluding carboxylic acids is 5. The average Bonchev–Trinajstić information content (AvgIpc) is 3.52. The molecule has 4 aliphatic heterocycles. The Morgan fingerprint density at radius 1 is 0.857 bits per heavy atom. The lowest BCUT2D eigenvalue weighted by Crippen LogP contribution is -2.74. The molecule has 1 unspecified atom stereocenters. The van der Waals surface area contributed by atoms with Crippen LogP contribution in [0.1, 0.15) is 90.1 Å². The van der Waals surface area contributed by atoms with Crippen molar-refractivity contribution in [2.24, 2.45) is 16.7 Å². The van der Waals surface area contributed by atoms with E-state index in [0.29, 0.717) is 33.7 Å². The Bertz CT molecular complexity index is 2620. The minimum atomic E-state index is -0.987. The van der Waals surface area contributed by atoms with E-state index in [1.807, 2.05) is 33.8 Å². The zero-order valence-electron chi connectivity index (χ0n) is 35.8. The number of imide groups is 2. The fraction of sp³-hybridized carbons (Fsp3) is 0.457. The van der Waals surface area contributed by atoms with Crippen molar-refractivity contribution in [3.05, 3.63) is 87.6 Å². The highest BCUT2D eigenvalue weighted by Crippen LogP contribution is 2.56. The number of hydrogen-bond donors (Lipinski definition) is 3. The molecule has 4 aromatic rings.